The van der Waals surface area contributed by atoms with Crippen LogP contribution in [0.2, 0.25) is 0 Å². The van der Waals surface area contributed by atoms with Crippen molar-refractivity contribution in [2.75, 3.05) is 0 Å². The van der Waals surface area contributed by atoms with Gasteiger partial charge in [-0.25, -0.2) is 12.2 Å². The predicted molar refractivity (Wildman–Crippen MR) is 245 cm³/mol. The fourth-order valence-corrected chi connectivity index (χ4v) is 9.65. The van der Waals surface area contributed by atoms with Crippen molar-refractivity contribution in [2.24, 2.45) is 0 Å². The zero-order chi connectivity index (χ0) is 40.5. The molecule has 6 aromatic carbocycles. The summed E-state index contributed by atoms with van der Waals surface area (Å²) < 4.78 is 1.60. The van der Waals surface area contributed by atoms with Gasteiger partial charge in [0, 0.05) is 0 Å². The molecule has 0 fully saturated rings. The summed E-state index contributed by atoms with van der Waals surface area (Å²) in [5.41, 5.74) is 17.3. The molecule has 2 aliphatic rings. The molecule has 0 amide bonds. The molecular weight excluding hydrogens is 847 g/mol. The minimum atomic E-state index is 0. The van der Waals surface area contributed by atoms with Crippen LogP contribution in [-0.4, -0.2) is 3.21 Å². The Bertz CT molecular complexity index is 2080. The van der Waals surface area contributed by atoms with Gasteiger partial charge in [-0.05, 0) is 66.3 Å². The van der Waals surface area contributed by atoms with E-state index in [1.807, 2.05) is 12.2 Å². The summed E-state index contributed by atoms with van der Waals surface area (Å²) in [6.45, 7) is 9.24. The molecule has 0 aromatic heterocycles. The molecule has 6 aromatic rings. The fraction of sp³-hybridized carbons (Fsp3) is 0.281. The maximum atomic E-state index is 3.86. The van der Waals surface area contributed by atoms with E-state index in [0.29, 0.717) is 11.8 Å². The van der Waals surface area contributed by atoms with E-state index >= 15 is 0 Å². The standard InChI is InChI=1S/C37H41.C15H14.C5H5.2ClH.Zr/c1-5-13-30(21-28-15-9-7-10-16-28)34-24-36-32(19-26(34)3)23-33-20-27(4)35(25-37(33)36)31(14-6-2)22-29-17-11-8-12-18-29;1-3-8-14(9-4-1)12-7-13-15-10-5-2-6-11-15;1-2-4-5-3-1;;;/h7-12,15-19,24-25,30-31H,5-6,13-14,21-23H2,1-4H3;1-6,8-11H,12-13H2;1-3H,4H2;2*1H;/q-1;;-1;;;+2/p-2. The molecule has 0 aliphatic heterocycles. The first-order chi connectivity index (χ1) is 28.4. The molecule has 0 saturated carbocycles. The Morgan fingerprint density at radius 2 is 1.07 bits per heavy atom. The summed E-state index contributed by atoms with van der Waals surface area (Å²) in [5, 5.41) is 0. The second-order valence-corrected chi connectivity index (χ2v) is 17.8. The third kappa shape index (κ3) is 14.4. The van der Waals surface area contributed by atoms with Crippen LogP contribution in [0.5, 0.6) is 0 Å². The normalized spacial score (nSPS) is 12.6. The number of benzene rings is 6. The average Bonchev–Trinajstić information content (AvgIpc) is 3.94. The van der Waals surface area contributed by atoms with Crippen molar-refractivity contribution in [3.63, 3.8) is 0 Å². The van der Waals surface area contributed by atoms with Gasteiger partial charge in [-0.1, -0.05) is 124 Å². The molecule has 60 heavy (non-hydrogen) atoms. The van der Waals surface area contributed by atoms with E-state index in [1.165, 1.54) is 92.4 Å². The Morgan fingerprint density at radius 1 is 0.600 bits per heavy atom. The van der Waals surface area contributed by atoms with Crippen LogP contribution in [0, 0.1) is 26.0 Å². The molecule has 0 N–H and O–H groups in total. The minimum absolute atomic E-state index is 0. The molecule has 0 saturated heterocycles. The quantitative estimate of drug-likeness (QED) is 0.0963. The summed E-state index contributed by atoms with van der Waals surface area (Å²) in [7, 11) is 0. The van der Waals surface area contributed by atoms with Crippen LogP contribution < -0.4 is 24.8 Å². The summed E-state index contributed by atoms with van der Waals surface area (Å²) in [4.78, 5) is 0. The number of allylic oxidation sites excluding steroid dienone is 4. The molecular formula is C57H60Cl2Zr-2. The Kier molecular flexibility index (Phi) is 21.0. The van der Waals surface area contributed by atoms with Crippen LogP contribution in [0.25, 0.3) is 11.1 Å². The van der Waals surface area contributed by atoms with Crippen LogP contribution >= 0.6 is 0 Å². The molecule has 3 heteroatoms. The van der Waals surface area contributed by atoms with Gasteiger partial charge < -0.3 is 24.8 Å². The number of halogens is 2. The first-order valence-corrected chi connectivity index (χ1v) is 22.8. The average molecular weight is 907 g/mol. The molecule has 0 bridgehead atoms. The fourth-order valence-electron chi connectivity index (χ4n) is 8.65. The van der Waals surface area contributed by atoms with Crippen LogP contribution in [0.4, 0.5) is 0 Å². The Balaban J connectivity index is 0.000000285. The number of aryl methyl sites for hydroxylation is 2. The molecule has 2 unspecified atom stereocenters. The van der Waals surface area contributed by atoms with Crippen molar-refractivity contribution in [1.82, 2.24) is 0 Å². The Labute approximate surface area is 389 Å². The first kappa shape index (κ1) is 48.8. The summed E-state index contributed by atoms with van der Waals surface area (Å²) >= 11 is 1.55. The van der Waals surface area contributed by atoms with Crippen molar-refractivity contribution in [3.8, 4) is 11.1 Å². The molecule has 2 atom stereocenters. The van der Waals surface area contributed by atoms with Gasteiger partial charge in [0.25, 0.3) is 0 Å². The molecule has 0 nitrogen and oxygen atoms in total. The number of rotatable bonds is 14. The van der Waals surface area contributed by atoms with Crippen molar-refractivity contribution in [2.45, 2.75) is 104 Å². The van der Waals surface area contributed by atoms with Gasteiger partial charge in [0.2, 0.25) is 0 Å². The van der Waals surface area contributed by atoms with Crippen LogP contribution in [-0.2, 0) is 56.3 Å². The molecule has 0 heterocycles. The van der Waals surface area contributed by atoms with Gasteiger partial charge >= 0.3 is 112 Å². The second kappa shape index (κ2) is 25.8. The summed E-state index contributed by atoms with van der Waals surface area (Å²) in [6, 6.07) is 54.9. The Hall–Kier alpha value is -3.87. The third-order valence-electron chi connectivity index (χ3n) is 11.5. The topological polar surface area (TPSA) is 0 Å². The van der Waals surface area contributed by atoms with Gasteiger partial charge in [-0.3, -0.25) is 6.08 Å². The van der Waals surface area contributed by atoms with Crippen molar-refractivity contribution < 1.29 is 49.0 Å². The second-order valence-electron chi connectivity index (χ2n) is 16.1. The first-order valence-electron chi connectivity index (χ1n) is 21.5. The van der Waals surface area contributed by atoms with E-state index < -0.39 is 0 Å². The Morgan fingerprint density at radius 3 is 1.50 bits per heavy atom. The van der Waals surface area contributed by atoms with Crippen LogP contribution in [0.3, 0.4) is 0 Å². The third-order valence-corrected chi connectivity index (χ3v) is 12.3. The van der Waals surface area contributed by atoms with Gasteiger partial charge in [0.05, 0.1) is 0 Å². The summed E-state index contributed by atoms with van der Waals surface area (Å²) in [5.74, 6) is 1.09. The number of hydrogen-bond acceptors (Lipinski definition) is 0. The SMILES string of the molecule is CCCC(Cc1ccccc1)c1cc2c([c-]c1C)Cc1cc(C)c(C(CCC)Cc3ccccc3)cc1-2.[C-]1=CC=CC1.[Cl-].[Cl-].[Zr+2]=[C](Cc1ccccc1)Cc1ccccc1. The predicted octanol–water partition coefficient (Wildman–Crippen LogP) is 8.43. The van der Waals surface area contributed by atoms with E-state index in [0.717, 1.165) is 38.5 Å². The summed E-state index contributed by atoms with van der Waals surface area (Å²) in [6.07, 6.45) is 20.3. The van der Waals surface area contributed by atoms with Crippen LogP contribution in [0.1, 0.15) is 113 Å². The molecule has 2 aliphatic carbocycles. The molecule has 0 radical (unpaired) electrons. The van der Waals surface area contributed by atoms with Crippen molar-refractivity contribution in [3.05, 3.63) is 226 Å². The number of fused-ring (bicyclic) bond motifs is 3. The van der Waals surface area contributed by atoms with Crippen molar-refractivity contribution in [1.29, 1.82) is 0 Å². The van der Waals surface area contributed by atoms with Gasteiger partial charge in [-0.2, -0.15) is 23.8 Å². The number of hydrogen-bond donors (Lipinski definition) is 0. The molecule has 308 valence electrons. The van der Waals surface area contributed by atoms with Crippen LogP contribution in [0.15, 0.2) is 158 Å². The van der Waals surface area contributed by atoms with E-state index in [-0.39, 0.29) is 24.8 Å². The van der Waals surface area contributed by atoms with E-state index in [9.17, 15) is 0 Å². The molecule has 0 spiro atoms. The van der Waals surface area contributed by atoms with E-state index in [2.05, 4.69) is 185 Å². The zero-order valence-electron chi connectivity index (χ0n) is 36.0. The van der Waals surface area contributed by atoms with Crippen molar-refractivity contribution >= 4 is 3.21 Å². The van der Waals surface area contributed by atoms with Gasteiger partial charge in [0.15, 0.2) is 0 Å². The van der Waals surface area contributed by atoms with E-state index in [1.54, 1.807) is 27.4 Å². The van der Waals surface area contributed by atoms with E-state index in [4.69, 9.17) is 0 Å². The van der Waals surface area contributed by atoms with Gasteiger partial charge in [-0.15, -0.1) is 23.1 Å². The monoisotopic (exact) mass is 904 g/mol. The molecule has 8 rings (SSSR count). The van der Waals surface area contributed by atoms with Gasteiger partial charge in [0.1, 0.15) is 0 Å². The zero-order valence-corrected chi connectivity index (χ0v) is 40.0. The maximum absolute atomic E-state index is 3.86.